The van der Waals surface area contributed by atoms with E-state index < -0.39 is 20.0 Å². The maximum Gasteiger partial charge on any atom is 0.472 e. The number of rotatable bonds is 39. The Labute approximate surface area is 310 Å². The lowest BCUT2D eigenvalue weighted by molar-refractivity contribution is -0.870. The van der Waals surface area contributed by atoms with Gasteiger partial charge in [0.05, 0.1) is 39.9 Å². The van der Waals surface area contributed by atoms with Crippen LogP contribution in [0.1, 0.15) is 206 Å². The van der Waals surface area contributed by atoms with Crippen molar-refractivity contribution in [2.75, 3.05) is 40.9 Å². The van der Waals surface area contributed by atoms with E-state index >= 15 is 0 Å². The highest BCUT2D eigenvalue weighted by atomic mass is 31.2. The van der Waals surface area contributed by atoms with Crippen LogP contribution in [-0.4, -0.2) is 73.4 Å². The van der Waals surface area contributed by atoms with Gasteiger partial charge in [0.15, 0.2) is 0 Å². The van der Waals surface area contributed by atoms with Crippen molar-refractivity contribution in [1.82, 2.24) is 5.32 Å². The second-order valence-electron chi connectivity index (χ2n) is 16.1. The van der Waals surface area contributed by atoms with E-state index in [4.69, 9.17) is 9.05 Å². The number of amides is 1. The maximum atomic E-state index is 12.8. The summed E-state index contributed by atoms with van der Waals surface area (Å²) in [6.07, 6.45) is 35.6. The maximum absolute atomic E-state index is 12.8. The first-order valence-electron chi connectivity index (χ1n) is 21.4. The Morgan fingerprint density at radius 3 is 1.34 bits per heavy atom. The summed E-state index contributed by atoms with van der Waals surface area (Å²) in [7, 11) is 1.62. The highest BCUT2D eigenvalue weighted by Crippen LogP contribution is 2.43. The molecule has 50 heavy (non-hydrogen) atoms. The normalized spacial score (nSPS) is 14.5. The van der Waals surface area contributed by atoms with Gasteiger partial charge in [-0.15, -0.1) is 0 Å². The molecule has 9 heteroatoms. The molecule has 0 aliphatic heterocycles. The summed E-state index contributed by atoms with van der Waals surface area (Å²) < 4.78 is 23.5. The summed E-state index contributed by atoms with van der Waals surface area (Å²) in [6, 6.07) is -0.751. The van der Waals surface area contributed by atoms with E-state index in [9.17, 15) is 19.4 Å². The van der Waals surface area contributed by atoms with Gasteiger partial charge < -0.3 is 19.8 Å². The lowest BCUT2D eigenvalue weighted by Gasteiger charge is -2.26. The van der Waals surface area contributed by atoms with Crippen LogP contribution in [0.25, 0.3) is 0 Å². The van der Waals surface area contributed by atoms with Crippen LogP contribution in [0.5, 0.6) is 0 Å². The zero-order chi connectivity index (χ0) is 37.2. The summed E-state index contributed by atoms with van der Waals surface area (Å²) in [5, 5.41) is 13.9. The number of hydrogen-bond acceptors (Lipinski definition) is 5. The van der Waals surface area contributed by atoms with Crippen molar-refractivity contribution in [3.05, 3.63) is 0 Å². The molecular weight excluding hydrogens is 647 g/mol. The van der Waals surface area contributed by atoms with Crippen molar-refractivity contribution >= 4 is 13.7 Å². The molecule has 3 N–H and O–H groups in total. The highest BCUT2D eigenvalue weighted by Gasteiger charge is 2.28. The third-order valence-electron chi connectivity index (χ3n) is 9.86. The fourth-order valence-electron chi connectivity index (χ4n) is 6.40. The van der Waals surface area contributed by atoms with Crippen LogP contribution >= 0.6 is 7.82 Å². The molecule has 0 aliphatic carbocycles. The summed E-state index contributed by atoms with van der Waals surface area (Å²) >= 11 is 0. The van der Waals surface area contributed by atoms with Crippen LogP contribution in [0.15, 0.2) is 0 Å². The number of likely N-dealkylation sites (N-methyl/N-ethyl adjacent to an activating group) is 1. The monoisotopic (exact) mass is 734 g/mol. The number of nitrogens with zero attached hydrogens (tertiary/aromatic N) is 1. The fourth-order valence-corrected chi connectivity index (χ4v) is 7.13. The lowest BCUT2D eigenvalue weighted by atomic mass is 10.0. The first-order chi connectivity index (χ1) is 24.0. The average Bonchev–Trinajstić information content (AvgIpc) is 3.06. The standard InChI is InChI=1S/C41H85N2O6P/c1-6-8-10-12-14-16-17-18-19-20-21-22-23-24-25-27-29-31-33-35-41(45)42-39(38-49-50(46,47)48-37-36-43(3,4)5)40(44)34-32-30-28-26-15-13-11-9-7-2/h39-40,44H,6-38H2,1-5H3,(H-,42,45,46,47)/p+1. The van der Waals surface area contributed by atoms with Crippen LogP contribution in [0.4, 0.5) is 0 Å². The molecule has 0 fully saturated rings. The SMILES string of the molecule is CCCCCCCCCCCCCCCCCCCCCC(=O)NC(COP(=O)(O)OCC[N+](C)(C)C)C(O)CCCCCCCCCCC. The van der Waals surface area contributed by atoms with E-state index in [-0.39, 0.29) is 19.1 Å². The number of quaternary nitrogens is 1. The van der Waals surface area contributed by atoms with Gasteiger partial charge in [-0.3, -0.25) is 13.8 Å². The number of carbonyl (C=O) groups excluding carboxylic acids is 1. The molecule has 0 spiro atoms. The van der Waals surface area contributed by atoms with E-state index in [1.165, 1.54) is 141 Å². The molecule has 0 aromatic heterocycles. The van der Waals surface area contributed by atoms with E-state index in [0.29, 0.717) is 23.9 Å². The average molecular weight is 734 g/mol. The van der Waals surface area contributed by atoms with Crippen LogP contribution < -0.4 is 5.32 Å². The largest absolute Gasteiger partial charge is 0.472 e. The zero-order valence-electron chi connectivity index (χ0n) is 33.9. The van der Waals surface area contributed by atoms with Crippen LogP contribution in [0.3, 0.4) is 0 Å². The molecule has 0 heterocycles. The highest BCUT2D eigenvalue weighted by molar-refractivity contribution is 7.47. The molecule has 300 valence electrons. The van der Waals surface area contributed by atoms with E-state index in [0.717, 1.165) is 38.5 Å². The Bertz CT molecular complexity index is 794. The van der Waals surface area contributed by atoms with Crippen molar-refractivity contribution in [1.29, 1.82) is 0 Å². The topological polar surface area (TPSA) is 105 Å². The Morgan fingerprint density at radius 1 is 0.600 bits per heavy atom. The first-order valence-corrected chi connectivity index (χ1v) is 22.9. The van der Waals surface area contributed by atoms with Crippen molar-refractivity contribution in [2.45, 2.75) is 219 Å². The van der Waals surface area contributed by atoms with Crippen molar-refractivity contribution in [3.8, 4) is 0 Å². The predicted molar refractivity (Wildman–Crippen MR) is 212 cm³/mol. The van der Waals surface area contributed by atoms with E-state index in [1.807, 2.05) is 21.1 Å². The minimum Gasteiger partial charge on any atom is -0.391 e. The predicted octanol–water partition coefficient (Wildman–Crippen LogP) is 11.4. The van der Waals surface area contributed by atoms with Gasteiger partial charge in [-0.2, -0.15) is 0 Å². The molecule has 1 amide bonds. The van der Waals surface area contributed by atoms with Gasteiger partial charge in [-0.05, 0) is 12.8 Å². The fraction of sp³-hybridized carbons (Fsp3) is 0.976. The molecule has 0 aromatic carbocycles. The quantitative estimate of drug-likeness (QED) is 0.0330. The molecule has 0 radical (unpaired) electrons. The molecule has 0 aliphatic rings. The number of aliphatic hydroxyl groups excluding tert-OH is 1. The third-order valence-corrected chi connectivity index (χ3v) is 10.8. The van der Waals surface area contributed by atoms with Crippen LogP contribution in [0, 0.1) is 0 Å². The Balaban J connectivity index is 4.23. The number of nitrogens with one attached hydrogen (secondary N) is 1. The van der Waals surface area contributed by atoms with E-state index in [1.54, 1.807) is 0 Å². The van der Waals surface area contributed by atoms with Gasteiger partial charge in [0.2, 0.25) is 5.91 Å². The zero-order valence-corrected chi connectivity index (χ0v) is 34.8. The number of carbonyl (C=O) groups is 1. The van der Waals surface area contributed by atoms with Crippen molar-refractivity contribution in [2.24, 2.45) is 0 Å². The van der Waals surface area contributed by atoms with Crippen molar-refractivity contribution < 1.29 is 32.9 Å². The van der Waals surface area contributed by atoms with Gasteiger partial charge in [-0.25, -0.2) is 4.57 Å². The van der Waals surface area contributed by atoms with Crippen LogP contribution in [0.2, 0.25) is 0 Å². The summed E-state index contributed by atoms with van der Waals surface area (Å²) in [6.45, 7) is 4.88. The molecule has 3 unspecified atom stereocenters. The second-order valence-corrected chi connectivity index (χ2v) is 17.5. The summed E-state index contributed by atoms with van der Waals surface area (Å²) in [5.41, 5.74) is 0. The number of phosphoric acid groups is 1. The molecular formula is C41H86N2O6P+. The Kier molecular flexibility index (Phi) is 33.9. The number of phosphoric ester groups is 1. The van der Waals surface area contributed by atoms with Crippen LogP contribution in [-0.2, 0) is 18.4 Å². The smallest absolute Gasteiger partial charge is 0.391 e. The molecule has 0 rings (SSSR count). The molecule has 0 saturated carbocycles. The second kappa shape index (κ2) is 34.3. The first kappa shape index (κ1) is 49.5. The Morgan fingerprint density at radius 2 is 0.960 bits per heavy atom. The number of aliphatic hydroxyl groups is 1. The van der Waals surface area contributed by atoms with Gasteiger partial charge >= 0.3 is 7.82 Å². The molecule has 0 bridgehead atoms. The minimum atomic E-state index is -4.30. The third kappa shape index (κ3) is 35.9. The van der Waals surface area contributed by atoms with Gasteiger partial charge in [0, 0.05) is 6.42 Å². The summed E-state index contributed by atoms with van der Waals surface area (Å²) in [5.74, 6) is -0.143. The summed E-state index contributed by atoms with van der Waals surface area (Å²) in [4.78, 5) is 23.0. The van der Waals surface area contributed by atoms with Crippen molar-refractivity contribution in [3.63, 3.8) is 0 Å². The number of unbranched alkanes of at least 4 members (excludes halogenated alkanes) is 26. The molecule has 0 aromatic rings. The molecule has 3 atom stereocenters. The minimum absolute atomic E-state index is 0.0781. The van der Waals surface area contributed by atoms with Gasteiger partial charge in [0.1, 0.15) is 13.2 Å². The number of hydrogen-bond donors (Lipinski definition) is 3. The molecule has 8 nitrogen and oxygen atoms in total. The van der Waals surface area contributed by atoms with Gasteiger partial charge in [-0.1, -0.05) is 187 Å². The molecule has 0 saturated heterocycles. The Hall–Kier alpha value is -0.500. The van der Waals surface area contributed by atoms with Gasteiger partial charge in [0.25, 0.3) is 0 Å². The lowest BCUT2D eigenvalue weighted by Crippen LogP contribution is -2.46. The van der Waals surface area contributed by atoms with E-state index in [2.05, 4.69) is 19.2 Å².